The lowest BCUT2D eigenvalue weighted by molar-refractivity contribution is 0.313. The molecule has 0 unspecified atom stereocenters. The molecule has 0 aliphatic heterocycles. The Labute approximate surface area is 117 Å². The summed E-state index contributed by atoms with van der Waals surface area (Å²) < 4.78 is 12.0. The first-order chi connectivity index (χ1) is 8.86. The van der Waals surface area contributed by atoms with E-state index in [9.17, 15) is 0 Å². The van der Waals surface area contributed by atoms with Crippen LogP contribution in [0.5, 0.6) is 0 Å². The average Bonchev–Trinajstić information content (AvgIpc) is 2.37. The highest BCUT2D eigenvalue weighted by Gasteiger charge is 2.36. The Morgan fingerprint density at radius 1 is 0.842 bits per heavy atom. The van der Waals surface area contributed by atoms with Gasteiger partial charge in [-0.25, -0.2) is 0 Å². The molecule has 0 saturated heterocycles. The third-order valence-corrected chi connectivity index (χ3v) is 10.2. The zero-order valence-electron chi connectivity index (χ0n) is 12.4. The predicted octanol–water partition coefficient (Wildman–Crippen LogP) is 3.62. The zero-order chi connectivity index (χ0) is 14.1. The van der Waals surface area contributed by atoms with Crippen LogP contribution in [0.25, 0.3) is 10.8 Å². The lowest BCUT2D eigenvalue weighted by Gasteiger charge is -2.33. The van der Waals surface area contributed by atoms with Gasteiger partial charge < -0.3 is 8.54 Å². The van der Waals surface area contributed by atoms with Gasteiger partial charge >= 0.3 is 8.56 Å². The van der Waals surface area contributed by atoms with Gasteiger partial charge in [0, 0.05) is 7.11 Å². The Hall–Kier alpha value is -0.946. The number of benzene rings is 2. The molecule has 0 bridgehead atoms. The lowest BCUT2D eigenvalue weighted by atomic mass is 10.1. The quantitative estimate of drug-likeness (QED) is 0.801. The van der Waals surface area contributed by atoms with E-state index in [0.717, 1.165) is 0 Å². The second-order valence-electron chi connectivity index (χ2n) is 5.74. The summed E-state index contributed by atoms with van der Waals surface area (Å²) >= 11 is 0. The van der Waals surface area contributed by atoms with Crippen LogP contribution in [0.2, 0.25) is 26.2 Å². The third kappa shape index (κ3) is 3.15. The van der Waals surface area contributed by atoms with E-state index in [-0.39, 0.29) is 0 Å². The van der Waals surface area contributed by atoms with Crippen LogP contribution < -0.4 is 5.19 Å². The van der Waals surface area contributed by atoms with Gasteiger partial charge in [0.25, 0.3) is 0 Å². The van der Waals surface area contributed by atoms with E-state index in [2.05, 4.69) is 68.7 Å². The zero-order valence-corrected chi connectivity index (χ0v) is 14.4. The van der Waals surface area contributed by atoms with Gasteiger partial charge in [0.2, 0.25) is 8.32 Å². The van der Waals surface area contributed by atoms with E-state index in [1.807, 2.05) is 0 Å². The van der Waals surface area contributed by atoms with Crippen molar-refractivity contribution in [1.29, 1.82) is 0 Å². The maximum Gasteiger partial charge on any atom is 0.321 e. The van der Waals surface area contributed by atoms with Crippen molar-refractivity contribution in [3.8, 4) is 0 Å². The summed E-state index contributed by atoms with van der Waals surface area (Å²) in [4.78, 5) is 0. The minimum Gasteiger partial charge on any atom is -0.432 e. The molecule has 0 heterocycles. The maximum absolute atomic E-state index is 6.42. The molecule has 2 rings (SSSR count). The van der Waals surface area contributed by atoms with E-state index in [0.29, 0.717) is 0 Å². The first-order valence-electron chi connectivity index (χ1n) is 6.59. The summed E-state index contributed by atoms with van der Waals surface area (Å²) in [7, 11) is -2.23. The minimum atomic E-state index is -2.02. The molecule has 0 spiro atoms. The Kier molecular flexibility index (Phi) is 3.96. The molecule has 0 atom stereocenters. The molecular formula is C15H22O2Si2. The number of hydrogen-bond donors (Lipinski definition) is 0. The van der Waals surface area contributed by atoms with Crippen molar-refractivity contribution in [2.75, 3.05) is 7.11 Å². The van der Waals surface area contributed by atoms with Crippen LogP contribution in [0.4, 0.5) is 0 Å². The molecule has 0 saturated carbocycles. The Bertz CT molecular complexity index is 574. The van der Waals surface area contributed by atoms with Gasteiger partial charge in [-0.05, 0) is 42.1 Å². The lowest BCUT2D eigenvalue weighted by Crippen LogP contribution is -2.53. The predicted molar refractivity (Wildman–Crippen MR) is 86.6 cm³/mol. The molecule has 2 aromatic rings. The fourth-order valence-electron chi connectivity index (χ4n) is 2.46. The molecule has 4 heteroatoms. The highest BCUT2D eigenvalue weighted by molar-refractivity contribution is 6.92. The summed E-state index contributed by atoms with van der Waals surface area (Å²) in [6, 6.07) is 15.0. The van der Waals surface area contributed by atoms with Gasteiger partial charge in [-0.2, -0.15) is 0 Å². The second-order valence-corrected chi connectivity index (χ2v) is 13.3. The molecule has 0 aliphatic rings. The fourth-order valence-corrected chi connectivity index (χ4v) is 9.52. The topological polar surface area (TPSA) is 18.5 Å². The first-order valence-corrected chi connectivity index (χ1v) is 12.3. The molecule has 19 heavy (non-hydrogen) atoms. The second kappa shape index (κ2) is 5.21. The molecule has 102 valence electrons. The van der Waals surface area contributed by atoms with Gasteiger partial charge in [-0.1, -0.05) is 42.5 Å². The Balaban J connectivity index is 2.48. The number of fused-ring (bicyclic) bond motifs is 1. The van der Waals surface area contributed by atoms with Gasteiger partial charge in [-0.15, -0.1) is 0 Å². The normalized spacial score (nSPS) is 12.9. The van der Waals surface area contributed by atoms with Crippen molar-refractivity contribution < 1.29 is 8.54 Å². The summed E-state index contributed by atoms with van der Waals surface area (Å²) in [6.07, 6.45) is 0. The van der Waals surface area contributed by atoms with Crippen molar-refractivity contribution >= 4 is 32.8 Å². The molecule has 0 amide bonds. The van der Waals surface area contributed by atoms with Crippen LogP contribution in [0.1, 0.15) is 0 Å². The summed E-state index contributed by atoms with van der Waals surface area (Å²) in [5.74, 6) is 0. The molecule has 2 aromatic carbocycles. The van der Waals surface area contributed by atoms with Crippen molar-refractivity contribution in [2.45, 2.75) is 26.2 Å². The van der Waals surface area contributed by atoms with Gasteiger partial charge in [0.15, 0.2) is 0 Å². The molecule has 0 N–H and O–H groups in total. The maximum atomic E-state index is 6.42. The Morgan fingerprint density at radius 2 is 1.47 bits per heavy atom. The molecule has 0 aliphatic carbocycles. The average molecular weight is 291 g/mol. The monoisotopic (exact) mass is 290 g/mol. The van der Waals surface area contributed by atoms with Crippen molar-refractivity contribution in [3.05, 3.63) is 42.5 Å². The van der Waals surface area contributed by atoms with Gasteiger partial charge in [0.05, 0.1) is 0 Å². The fraction of sp³-hybridized carbons (Fsp3) is 0.333. The van der Waals surface area contributed by atoms with E-state index < -0.39 is 16.9 Å². The van der Waals surface area contributed by atoms with E-state index in [4.69, 9.17) is 8.54 Å². The molecule has 0 fully saturated rings. The molecular weight excluding hydrogens is 268 g/mol. The number of hydrogen-bond acceptors (Lipinski definition) is 2. The van der Waals surface area contributed by atoms with Crippen LogP contribution >= 0.6 is 0 Å². The van der Waals surface area contributed by atoms with Crippen molar-refractivity contribution in [2.24, 2.45) is 0 Å². The van der Waals surface area contributed by atoms with Crippen LogP contribution in [0, 0.1) is 0 Å². The van der Waals surface area contributed by atoms with E-state index in [1.165, 1.54) is 16.0 Å². The van der Waals surface area contributed by atoms with E-state index in [1.54, 1.807) is 7.11 Å². The summed E-state index contributed by atoms with van der Waals surface area (Å²) in [5, 5.41) is 3.94. The van der Waals surface area contributed by atoms with Gasteiger partial charge in [0.1, 0.15) is 0 Å². The van der Waals surface area contributed by atoms with Gasteiger partial charge in [-0.3, -0.25) is 0 Å². The summed E-state index contributed by atoms with van der Waals surface area (Å²) in [5.41, 5.74) is 0. The van der Waals surface area contributed by atoms with E-state index >= 15 is 0 Å². The third-order valence-electron chi connectivity index (χ3n) is 3.43. The number of rotatable bonds is 4. The van der Waals surface area contributed by atoms with Crippen LogP contribution in [-0.2, 0) is 8.54 Å². The summed E-state index contributed by atoms with van der Waals surface area (Å²) in [6.45, 7) is 8.71. The van der Waals surface area contributed by atoms with Crippen molar-refractivity contribution in [3.63, 3.8) is 0 Å². The smallest absolute Gasteiger partial charge is 0.321 e. The standard InChI is InChI=1S/C15H22O2Si2/c1-16-19(4,5)17-18(2,3)15-12-8-10-13-9-6-7-11-14(13)15/h6-12H,1-5H3. The Morgan fingerprint density at radius 3 is 2.16 bits per heavy atom. The highest BCUT2D eigenvalue weighted by Crippen LogP contribution is 2.20. The van der Waals surface area contributed by atoms with Crippen molar-refractivity contribution in [1.82, 2.24) is 0 Å². The van der Waals surface area contributed by atoms with Crippen LogP contribution in [0.3, 0.4) is 0 Å². The highest BCUT2D eigenvalue weighted by atomic mass is 28.4. The molecule has 0 radical (unpaired) electrons. The molecule has 0 aromatic heterocycles. The molecule has 2 nitrogen and oxygen atoms in total. The van der Waals surface area contributed by atoms with Crippen LogP contribution in [-0.4, -0.2) is 24.0 Å². The minimum absolute atomic E-state index is 1.28. The largest absolute Gasteiger partial charge is 0.432 e. The first kappa shape index (κ1) is 14.5. The van der Waals surface area contributed by atoms with Crippen LogP contribution in [0.15, 0.2) is 42.5 Å². The SMILES string of the molecule is CO[Si](C)(C)O[Si](C)(C)c1cccc2ccccc12.